The van der Waals surface area contributed by atoms with Crippen LogP contribution < -0.4 is 5.32 Å². The minimum absolute atomic E-state index is 0.686. The summed E-state index contributed by atoms with van der Waals surface area (Å²) >= 11 is 2.09. The maximum Gasteiger partial charge on any atom is 0.0289 e. The Bertz CT molecular complexity index is 373. The second-order valence-corrected chi connectivity index (χ2v) is 7.03. The fourth-order valence-electron chi connectivity index (χ4n) is 3.49. The molecule has 0 aromatic heterocycles. The molecule has 1 aliphatic carbocycles. The molecule has 98 valence electrons. The summed E-state index contributed by atoms with van der Waals surface area (Å²) in [5, 5.41) is 4.33. The van der Waals surface area contributed by atoms with Gasteiger partial charge in [0.05, 0.1) is 0 Å². The molecule has 1 aromatic carbocycles. The predicted octanol–water partition coefficient (Wildman–Crippen LogP) is 3.87. The molecule has 3 rings (SSSR count). The Kier molecular flexibility index (Phi) is 3.95. The average Bonchev–Trinajstić information content (AvgIpc) is 3.04. The van der Waals surface area contributed by atoms with Gasteiger partial charge in [-0.3, -0.25) is 0 Å². The van der Waals surface area contributed by atoms with Gasteiger partial charge < -0.3 is 5.32 Å². The number of nitrogens with one attached hydrogen (secondary N) is 1. The summed E-state index contributed by atoms with van der Waals surface area (Å²) in [6, 6.07) is 9.60. The Morgan fingerprint density at radius 3 is 2.78 bits per heavy atom. The molecule has 0 spiro atoms. The lowest BCUT2D eigenvalue weighted by Gasteiger charge is -2.25. The largest absolute Gasteiger partial charge is 0.316 e. The molecule has 1 aliphatic heterocycles. The third-order valence-electron chi connectivity index (χ3n) is 4.55. The van der Waals surface area contributed by atoms with Gasteiger partial charge in [-0.2, -0.15) is 0 Å². The number of rotatable bonds is 4. The van der Waals surface area contributed by atoms with Crippen LogP contribution in [0.3, 0.4) is 0 Å². The molecule has 2 unspecified atom stereocenters. The van der Waals surface area contributed by atoms with E-state index in [-0.39, 0.29) is 0 Å². The Hall–Kier alpha value is -0.470. The van der Waals surface area contributed by atoms with E-state index in [0.717, 1.165) is 11.2 Å². The third-order valence-corrected chi connectivity index (χ3v) is 6.00. The lowest BCUT2D eigenvalue weighted by atomic mass is 9.94. The van der Waals surface area contributed by atoms with E-state index in [2.05, 4.69) is 48.4 Å². The maximum absolute atomic E-state index is 3.58. The van der Waals surface area contributed by atoms with Crippen LogP contribution in [-0.2, 0) is 6.42 Å². The van der Waals surface area contributed by atoms with Gasteiger partial charge in [0.25, 0.3) is 0 Å². The highest BCUT2D eigenvalue weighted by molar-refractivity contribution is 8.00. The van der Waals surface area contributed by atoms with Crippen molar-refractivity contribution in [2.45, 2.75) is 54.7 Å². The summed E-state index contributed by atoms with van der Waals surface area (Å²) in [4.78, 5) is 1.51. The SMILES string of the molecule is CNC(CC1CCCC1)C1Cc2ccccc2S1. The average molecular weight is 261 g/mol. The lowest BCUT2D eigenvalue weighted by Crippen LogP contribution is -2.37. The van der Waals surface area contributed by atoms with E-state index < -0.39 is 0 Å². The van der Waals surface area contributed by atoms with Crippen molar-refractivity contribution in [2.24, 2.45) is 5.92 Å². The highest BCUT2D eigenvalue weighted by atomic mass is 32.2. The Labute approximate surface area is 115 Å². The van der Waals surface area contributed by atoms with Crippen LogP contribution in [0, 0.1) is 5.92 Å². The summed E-state index contributed by atoms with van der Waals surface area (Å²) in [5.41, 5.74) is 1.55. The van der Waals surface area contributed by atoms with Crippen LogP contribution in [0.5, 0.6) is 0 Å². The minimum Gasteiger partial charge on any atom is -0.316 e. The van der Waals surface area contributed by atoms with Gasteiger partial charge in [0.1, 0.15) is 0 Å². The molecular formula is C16H23NS. The Morgan fingerprint density at radius 2 is 2.06 bits per heavy atom. The van der Waals surface area contributed by atoms with Crippen molar-refractivity contribution in [2.75, 3.05) is 7.05 Å². The maximum atomic E-state index is 3.58. The van der Waals surface area contributed by atoms with E-state index in [0.29, 0.717) is 6.04 Å². The van der Waals surface area contributed by atoms with Crippen molar-refractivity contribution in [1.82, 2.24) is 5.32 Å². The second kappa shape index (κ2) is 5.66. The minimum atomic E-state index is 0.686. The molecule has 0 amide bonds. The zero-order valence-electron chi connectivity index (χ0n) is 11.2. The molecule has 0 bridgehead atoms. The molecule has 1 N–H and O–H groups in total. The lowest BCUT2D eigenvalue weighted by molar-refractivity contribution is 0.396. The zero-order chi connectivity index (χ0) is 12.4. The van der Waals surface area contributed by atoms with Crippen LogP contribution >= 0.6 is 11.8 Å². The Morgan fingerprint density at radius 1 is 1.28 bits per heavy atom. The molecular weight excluding hydrogens is 238 g/mol. The van der Waals surface area contributed by atoms with Gasteiger partial charge in [0.2, 0.25) is 0 Å². The van der Waals surface area contributed by atoms with Crippen LogP contribution in [0.15, 0.2) is 29.2 Å². The molecule has 1 aromatic rings. The first-order valence-electron chi connectivity index (χ1n) is 7.28. The predicted molar refractivity (Wildman–Crippen MR) is 79.2 cm³/mol. The van der Waals surface area contributed by atoms with Crippen molar-refractivity contribution < 1.29 is 0 Å². The van der Waals surface area contributed by atoms with Gasteiger partial charge in [-0.1, -0.05) is 43.9 Å². The number of fused-ring (bicyclic) bond motifs is 1. The number of hydrogen-bond donors (Lipinski definition) is 1. The van der Waals surface area contributed by atoms with Gasteiger partial charge in [-0.25, -0.2) is 0 Å². The standard InChI is InChI=1S/C16H23NS/c1-17-14(10-12-6-2-3-7-12)16-11-13-8-4-5-9-15(13)18-16/h4-5,8-9,12,14,16-17H,2-3,6-7,10-11H2,1H3. The molecule has 2 atom stereocenters. The molecule has 1 fully saturated rings. The fraction of sp³-hybridized carbons (Fsp3) is 0.625. The third kappa shape index (κ3) is 2.60. The summed E-state index contributed by atoms with van der Waals surface area (Å²) in [5.74, 6) is 0.978. The van der Waals surface area contributed by atoms with Crippen molar-refractivity contribution in [3.63, 3.8) is 0 Å². The van der Waals surface area contributed by atoms with E-state index >= 15 is 0 Å². The summed E-state index contributed by atoms with van der Waals surface area (Å²) in [6.45, 7) is 0. The molecule has 0 radical (unpaired) electrons. The van der Waals surface area contributed by atoms with Crippen molar-refractivity contribution in [3.05, 3.63) is 29.8 Å². The molecule has 2 aliphatic rings. The quantitative estimate of drug-likeness (QED) is 0.883. The molecule has 0 saturated heterocycles. The van der Waals surface area contributed by atoms with Crippen molar-refractivity contribution >= 4 is 11.8 Å². The molecule has 1 heterocycles. The number of hydrogen-bond acceptors (Lipinski definition) is 2. The van der Waals surface area contributed by atoms with Gasteiger partial charge >= 0.3 is 0 Å². The highest BCUT2D eigenvalue weighted by Crippen LogP contribution is 2.40. The number of benzene rings is 1. The summed E-state index contributed by atoms with van der Waals surface area (Å²) in [7, 11) is 2.14. The number of thioether (sulfide) groups is 1. The van der Waals surface area contributed by atoms with Crippen LogP contribution in [0.2, 0.25) is 0 Å². The molecule has 18 heavy (non-hydrogen) atoms. The van der Waals surface area contributed by atoms with E-state index in [9.17, 15) is 0 Å². The summed E-state index contributed by atoms with van der Waals surface area (Å²) in [6.07, 6.45) is 8.46. The van der Waals surface area contributed by atoms with E-state index in [1.165, 1.54) is 43.4 Å². The smallest absolute Gasteiger partial charge is 0.0289 e. The van der Waals surface area contributed by atoms with Crippen LogP contribution in [0.1, 0.15) is 37.7 Å². The van der Waals surface area contributed by atoms with Gasteiger partial charge in [0.15, 0.2) is 0 Å². The first-order valence-corrected chi connectivity index (χ1v) is 8.16. The first-order chi connectivity index (χ1) is 8.86. The second-order valence-electron chi connectivity index (χ2n) is 5.75. The fourth-order valence-corrected chi connectivity index (χ4v) is 4.95. The zero-order valence-corrected chi connectivity index (χ0v) is 12.0. The van der Waals surface area contributed by atoms with Crippen molar-refractivity contribution in [1.29, 1.82) is 0 Å². The van der Waals surface area contributed by atoms with Crippen molar-refractivity contribution in [3.8, 4) is 0 Å². The van der Waals surface area contributed by atoms with Crippen LogP contribution in [0.25, 0.3) is 0 Å². The molecule has 2 heteroatoms. The highest BCUT2D eigenvalue weighted by Gasteiger charge is 2.30. The summed E-state index contributed by atoms with van der Waals surface area (Å²) < 4.78 is 0. The van der Waals surface area contributed by atoms with Crippen LogP contribution in [-0.4, -0.2) is 18.3 Å². The van der Waals surface area contributed by atoms with Gasteiger partial charge in [-0.05, 0) is 37.4 Å². The van der Waals surface area contributed by atoms with Gasteiger partial charge in [-0.15, -0.1) is 11.8 Å². The monoisotopic (exact) mass is 261 g/mol. The van der Waals surface area contributed by atoms with Crippen LogP contribution in [0.4, 0.5) is 0 Å². The molecule has 1 nitrogen and oxygen atoms in total. The normalized spacial score (nSPS) is 25.3. The topological polar surface area (TPSA) is 12.0 Å². The van der Waals surface area contributed by atoms with E-state index in [1.807, 2.05) is 0 Å². The molecule has 1 saturated carbocycles. The van der Waals surface area contributed by atoms with Gasteiger partial charge in [0, 0.05) is 16.2 Å². The van der Waals surface area contributed by atoms with E-state index in [4.69, 9.17) is 0 Å². The first kappa shape index (κ1) is 12.6. The Balaban J connectivity index is 1.63. The van der Waals surface area contributed by atoms with E-state index in [1.54, 1.807) is 5.56 Å².